The predicted octanol–water partition coefficient (Wildman–Crippen LogP) is 2.41. The van der Waals surface area contributed by atoms with E-state index in [9.17, 15) is 4.39 Å². The van der Waals surface area contributed by atoms with Crippen LogP contribution in [-0.4, -0.2) is 7.11 Å². The Bertz CT molecular complexity index is 182. The van der Waals surface area contributed by atoms with E-state index < -0.39 is 0 Å². The van der Waals surface area contributed by atoms with Crippen molar-refractivity contribution in [3.63, 3.8) is 0 Å². The van der Waals surface area contributed by atoms with Crippen LogP contribution in [0.4, 0.5) is 4.39 Å². The lowest BCUT2D eigenvalue weighted by Gasteiger charge is -2.12. The molecule has 0 heterocycles. The highest BCUT2D eigenvalue weighted by Gasteiger charge is 2.12. The molecule has 0 bridgehead atoms. The van der Waals surface area contributed by atoms with Crippen molar-refractivity contribution >= 4 is 0 Å². The Labute approximate surface area is 60.2 Å². The summed E-state index contributed by atoms with van der Waals surface area (Å²) in [4.78, 5) is 0. The summed E-state index contributed by atoms with van der Waals surface area (Å²) in [5, 5.41) is 0. The molecule has 56 valence electrons. The molecule has 0 saturated heterocycles. The molecule has 0 unspecified atom stereocenters. The second-order valence-electron chi connectivity index (χ2n) is 2.48. The summed E-state index contributed by atoms with van der Waals surface area (Å²) in [5.41, 5.74) is 0. The zero-order valence-corrected chi connectivity index (χ0v) is 6.23. The molecule has 2 heteroatoms. The maximum Gasteiger partial charge on any atom is 0.117 e. The fraction of sp³-hybridized carbons (Fsp3) is 0.500. The van der Waals surface area contributed by atoms with Gasteiger partial charge in [-0.1, -0.05) is 6.92 Å². The number of halogens is 1. The van der Waals surface area contributed by atoms with E-state index in [2.05, 4.69) is 0 Å². The Morgan fingerprint density at radius 1 is 1.70 bits per heavy atom. The van der Waals surface area contributed by atoms with E-state index in [1.54, 1.807) is 7.11 Å². The SMILES string of the molecule is COC1=CC[C@@H](C)C(F)=C1. The molecular weight excluding hydrogens is 131 g/mol. The molecule has 1 aliphatic rings. The molecule has 0 fully saturated rings. The van der Waals surface area contributed by atoms with Gasteiger partial charge in [0.2, 0.25) is 0 Å². The first-order valence-corrected chi connectivity index (χ1v) is 3.35. The van der Waals surface area contributed by atoms with Crippen molar-refractivity contribution in [2.24, 2.45) is 5.92 Å². The molecule has 0 radical (unpaired) electrons. The van der Waals surface area contributed by atoms with Crippen LogP contribution < -0.4 is 0 Å². The first-order chi connectivity index (χ1) is 4.74. The molecule has 0 saturated carbocycles. The van der Waals surface area contributed by atoms with Gasteiger partial charge in [0.15, 0.2) is 0 Å². The van der Waals surface area contributed by atoms with E-state index in [4.69, 9.17) is 4.74 Å². The summed E-state index contributed by atoms with van der Waals surface area (Å²) >= 11 is 0. The molecule has 10 heavy (non-hydrogen) atoms. The van der Waals surface area contributed by atoms with Crippen molar-refractivity contribution in [3.05, 3.63) is 23.7 Å². The Morgan fingerprint density at radius 3 is 2.90 bits per heavy atom. The lowest BCUT2D eigenvalue weighted by atomic mass is 10.0. The third-order valence-electron chi connectivity index (χ3n) is 1.66. The van der Waals surface area contributed by atoms with Gasteiger partial charge in [-0.3, -0.25) is 0 Å². The van der Waals surface area contributed by atoms with Gasteiger partial charge in [0, 0.05) is 12.0 Å². The van der Waals surface area contributed by atoms with Gasteiger partial charge in [-0.15, -0.1) is 0 Å². The van der Waals surface area contributed by atoms with Crippen molar-refractivity contribution < 1.29 is 9.13 Å². The number of ether oxygens (including phenoxy) is 1. The Hall–Kier alpha value is -0.790. The largest absolute Gasteiger partial charge is 0.497 e. The molecule has 0 amide bonds. The molecule has 1 atom stereocenters. The number of allylic oxidation sites excluding steroid dienone is 3. The minimum Gasteiger partial charge on any atom is -0.497 e. The summed E-state index contributed by atoms with van der Waals surface area (Å²) in [6.07, 6.45) is 4.08. The molecule has 1 rings (SSSR count). The average molecular weight is 142 g/mol. The van der Waals surface area contributed by atoms with Crippen LogP contribution in [0.3, 0.4) is 0 Å². The molecule has 0 aromatic heterocycles. The molecule has 1 nitrogen and oxygen atoms in total. The van der Waals surface area contributed by atoms with Crippen molar-refractivity contribution in [1.82, 2.24) is 0 Å². The fourth-order valence-electron chi connectivity index (χ4n) is 0.885. The molecule has 0 N–H and O–H groups in total. The lowest BCUT2D eigenvalue weighted by Crippen LogP contribution is -2.00. The summed E-state index contributed by atoms with van der Waals surface area (Å²) in [7, 11) is 1.55. The van der Waals surface area contributed by atoms with Crippen LogP contribution in [0, 0.1) is 5.92 Å². The van der Waals surface area contributed by atoms with Crippen molar-refractivity contribution in [2.75, 3.05) is 7.11 Å². The summed E-state index contributed by atoms with van der Waals surface area (Å²) < 4.78 is 17.6. The van der Waals surface area contributed by atoms with Gasteiger partial charge in [-0.05, 0) is 12.5 Å². The highest BCUT2D eigenvalue weighted by Crippen LogP contribution is 2.24. The topological polar surface area (TPSA) is 9.23 Å². The smallest absolute Gasteiger partial charge is 0.117 e. The van der Waals surface area contributed by atoms with Crippen LogP contribution in [0.15, 0.2) is 23.7 Å². The Kier molecular flexibility index (Phi) is 2.10. The molecule has 0 aromatic carbocycles. The lowest BCUT2D eigenvalue weighted by molar-refractivity contribution is 0.295. The molecule has 0 aliphatic heterocycles. The maximum atomic E-state index is 12.8. The quantitative estimate of drug-likeness (QED) is 0.546. The Morgan fingerprint density at radius 2 is 2.40 bits per heavy atom. The first-order valence-electron chi connectivity index (χ1n) is 3.35. The van der Waals surface area contributed by atoms with E-state index in [-0.39, 0.29) is 11.7 Å². The summed E-state index contributed by atoms with van der Waals surface area (Å²) in [6.45, 7) is 1.86. The number of hydrogen-bond acceptors (Lipinski definition) is 1. The zero-order chi connectivity index (χ0) is 7.56. The van der Waals surface area contributed by atoms with Crippen LogP contribution in [0.2, 0.25) is 0 Å². The second kappa shape index (κ2) is 2.86. The van der Waals surface area contributed by atoms with Crippen molar-refractivity contribution in [1.29, 1.82) is 0 Å². The van der Waals surface area contributed by atoms with Crippen LogP contribution >= 0.6 is 0 Å². The van der Waals surface area contributed by atoms with Gasteiger partial charge in [0.1, 0.15) is 11.6 Å². The van der Waals surface area contributed by atoms with Crippen LogP contribution in [0.5, 0.6) is 0 Å². The highest BCUT2D eigenvalue weighted by molar-refractivity contribution is 5.21. The third-order valence-corrected chi connectivity index (χ3v) is 1.66. The first kappa shape index (κ1) is 7.32. The molecule has 0 aromatic rings. The third kappa shape index (κ3) is 1.38. The van der Waals surface area contributed by atoms with Gasteiger partial charge < -0.3 is 4.74 Å². The van der Waals surface area contributed by atoms with Crippen molar-refractivity contribution in [3.8, 4) is 0 Å². The number of rotatable bonds is 1. The monoisotopic (exact) mass is 142 g/mol. The van der Waals surface area contributed by atoms with Crippen molar-refractivity contribution in [2.45, 2.75) is 13.3 Å². The fourth-order valence-corrected chi connectivity index (χ4v) is 0.885. The van der Waals surface area contributed by atoms with Crippen LogP contribution in [0.1, 0.15) is 13.3 Å². The van der Waals surface area contributed by atoms with Gasteiger partial charge in [-0.25, -0.2) is 4.39 Å². The second-order valence-corrected chi connectivity index (χ2v) is 2.48. The van der Waals surface area contributed by atoms with Gasteiger partial charge >= 0.3 is 0 Å². The molecule has 1 aliphatic carbocycles. The standard InChI is InChI=1S/C8H11FO/c1-6-3-4-7(10-2)5-8(6)9/h4-6H,3H2,1-2H3/t6-/m1/s1. The number of hydrogen-bond donors (Lipinski definition) is 0. The molecular formula is C8H11FO. The zero-order valence-electron chi connectivity index (χ0n) is 6.23. The highest BCUT2D eigenvalue weighted by atomic mass is 19.1. The summed E-state index contributed by atoms with van der Waals surface area (Å²) in [6, 6.07) is 0. The van der Waals surface area contributed by atoms with Gasteiger partial charge in [0.05, 0.1) is 7.11 Å². The van der Waals surface area contributed by atoms with E-state index in [0.29, 0.717) is 5.76 Å². The van der Waals surface area contributed by atoms with Gasteiger partial charge in [0.25, 0.3) is 0 Å². The van der Waals surface area contributed by atoms with E-state index >= 15 is 0 Å². The minimum absolute atomic E-state index is 0.0268. The summed E-state index contributed by atoms with van der Waals surface area (Å²) in [5.74, 6) is 0.578. The van der Waals surface area contributed by atoms with E-state index in [0.717, 1.165) is 6.42 Å². The predicted molar refractivity (Wildman–Crippen MR) is 38.1 cm³/mol. The minimum atomic E-state index is -0.0839. The maximum absolute atomic E-state index is 12.8. The van der Waals surface area contributed by atoms with E-state index in [1.165, 1.54) is 6.08 Å². The normalized spacial score (nSPS) is 25.3. The Balaban J connectivity index is 2.69. The average Bonchev–Trinajstić information content (AvgIpc) is 1.95. The van der Waals surface area contributed by atoms with E-state index in [1.807, 2.05) is 13.0 Å². The molecule has 0 spiro atoms. The van der Waals surface area contributed by atoms with Crippen LogP contribution in [-0.2, 0) is 4.74 Å². The van der Waals surface area contributed by atoms with Crippen LogP contribution in [0.25, 0.3) is 0 Å². The van der Waals surface area contributed by atoms with Gasteiger partial charge in [-0.2, -0.15) is 0 Å². The number of methoxy groups -OCH3 is 1.